The lowest BCUT2D eigenvalue weighted by atomic mass is 9.97. The molecule has 0 saturated carbocycles. The minimum absolute atomic E-state index is 0. The Labute approximate surface area is 146 Å². The molecule has 0 aromatic heterocycles. The monoisotopic (exact) mass is 352 g/mol. The van der Waals surface area contributed by atoms with Gasteiger partial charge in [-0.3, -0.25) is 19.8 Å². The molecule has 8 heteroatoms. The summed E-state index contributed by atoms with van der Waals surface area (Å²) in [5.74, 6) is -0.160. The van der Waals surface area contributed by atoms with Crippen molar-refractivity contribution in [2.75, 3.05) is 29.9 Å². The number of piperidine rings is 1. The maximum absolute atomic E-state index is 12.2. The Balaban J connectivity index is 0.00000208. The number of halogens is 1. The summed E-state index contributed by atoms with van der Waals surface area (Å²) in [6.45, 7) is 2.12. The zero-order valence-electron chi connectivity index (χ0n) is 13.2. The molecule has 0 spiro atoms. The molecule has 130 valence electrons. The van der Waals surface area contributed by atoms with Crippen LogP contribution < -0.4 is 20.9 Å². The average molecular weight is 353 g/mol. The van der Waals surface area contributed by atoms with Crippen molar-refractivity contribution >= 4 is 41.6 Å². The minimum Gasteiger partial charge on any atom is -0.326 e. The molecule has 3 N–H and O–H groups in total. The van der Waals surface area contributed by atoms with Gasteiger partial charge >= 0.3 is 6.03 Å². The number of amides is 4. The molecule has 24 heavy (non-hydrogen) atoms. The maximum atomic E-state index is 12.2. The van der Waals surface area contributed by atoms with Crippen LogP contribution in [0.1, 0.15) is 19.3 Å². The number of hydrogen-bond acceptors (Lipinski definition) is 4. The topological polar surface area (TPSA) is 90.5 Å². The summed E-state index contributed by atoms with van der Waals surface area (Å²) in [6.07, 6.45) is 2.00. The third kappa shape index (κ3) is 4.24. The predicted octanol–water partition coefficient (Wildman–Crippen LogP) is 1.49. The molecule has 2 saturated heterocycles. The normalized spacial score (nSPS) is 18.6. The number of rotatable bonds is 3. The van der Waals surface area contributed by atoms with E-state index in [0.717, 1.165) is 25.9 Å². The fourth-order valence-electron chi connectivity index (χ4n) is 2.86. The van der Waals surface area contributed by atoms with Gasteiger partial charge in [-0.25, -0.2) is 4.79 Å². The van der Waals surface area contributed by atoms with E-state index in [4.69, 9.17) is 0 Å². The second-order valence-electron chi connectivity index (χ2n) is 5.82. The number of carbonyl (C=O) groups is 3. The first-order valence-electron chi connectivity index (χ1n) is 7.86. The number of hydrogen-bond donors (Lipinski definition) is 3. The first-order chi connectivity index (χ1) is 11.1. The molecule has 0 unspecified atom stereocenters. The fourth-order valence-corrected chi connectivity index (χ4v) is 2.86. The molecule has 2 fully saturated rings. The van der Waals surface area contributed by atoms with Crippen LogP contribution in [-0.2, 0) is 9.59 Å². The van der Waals surface area contributed by atoms with Crippen molar-refractivity contribution in [1.82, 2.24) is 10.6 Å². The van der Waals surface area contributed by atoms with Gasteiger partial charge in [0.1, 0.15) is 0 Å². The zero-order valence-corrected chi connectivity index (χ0v) is 14.0. The van der Waals surface area contributed by atoms with Crippen molar-refractivity contribution in [3.63, 3.8) is 0 Å². The number of anilines is 2. The molecule has 2 aliphatic rings. The highest BCUT2D eigenvalue weighted by molar-refractivity contribution is 6.05. The number of imide groups is 1. The summed E-state index contributed by atoms with van der Waals surface area (Å²) in [5.41, 5.74) is 1.42. The van der Waals surface area contributed by atoms with Gasteiger partial charge in [-0.15, -0.1) is 12.4 Å². The van der Waals surface area contributed by atoms with E-state index in [-0.39, 0.29) is 30.1 Å². The van der Waals surface area contributed by atoms with Crippen LogP contribution in [0.15, 0.2) is 24.3 Å². The van der Waals surface area contributed by atoms with E-state index in [1.807, 2.05) is 0 Å². The first kappa shape index (κ1) is 18.2. The first-order valence-corrected chi connectivity index (χ1v) is 7.86. The third-order valence-electron chi connectivity index (χ3n) is 4.21. The summed E-state index contributed by atoms with van der Waals surface area (Å²) in [5, 5.41) is 8.45. The largest absolute Gasteiger partial charge is 0.328 e. The second-order valence-corrected chi connectivity index (χ2v) is 5.82. The van der Waals surface area contributed by atoms with Crippen LogP contribution in [0.2, 0.25) is 0 Å². The zero-order chi connectivity index (χ0) is 16.2. The molecule has 1 aromatic rings. The van der Waals surface area contributed by atoms with E-state index < -0.39 is 6.03 Å². The molecule has 3 rings (SSSR count). The summed E-state index contributed by atoms with van der Waals surface area (Å²) < 4.78 is 0. The molecule has 2 aliphatic heterocycles. The van der Waals surface area contributed by atoms with E-state index in [9.17, 15) is 14.4 Å². The van der Waals surface area contributed by atoms with E-state index in [1.165, 1.54) is 4.90 Å². The van der Waals surface area contributed by atoms with Crippen LogP contribution in [0.3, 0.4) is 0 Å². The Bertz CT molecular complexity index is 614. The number of benzene rings is 1. The SMILES string of the molecule is Cl.O=C1CCN(c2ccc(NC(=O)C3CCNCC3)cc2)C(=O)N1. The molecule has 2 heterocycles. The van der Waals surface area contributed by atoms with Crippen molar-refractivity contribution in [3.8, 4) is 0 Å². The molecular weight excluding hydrogens is 332 g/mol. The highest BCUT2D eigenvalue weighted by Crippen LogP contribution is 2.21. The van der Waals surface area contributed by atoms with Crippen molar-refractivity contribution in [3.05, 3.63) is 24.3 Å². The average Bonchev–Trinajstić information content (AvgIpc) is 2.57. The van der Waals surface area contributed by atoms with Crippen molar-refractivity contribution in [2.24, 2.45) is 5.92 Å². The van der Waals surface area contributed by atoms with Crippen LogP contribution in [0.25, 0.3) is 0 Å². The van der Waals surface area contributed by atoms with E-state index in [0.29, 0.717) is 24.3 Å². The molecule has 4 amide bonds. The Kier molecular flexibility index (Phi) is 6.16. The number of nitrogens with zero attached hydrogens (tertiary/aromatic N) is 1. The quantitative estimate of drug-likeness (QED) is 0.768. The lowest BCUT2D eigenvalue weighted by molar-refractivity contribution is -0.121. The van der Waals surface area contributed by atoms with Crippen molar-refractivity contribution < 1.29 is 14.4 Å². The highest BCUT2D eigenvalue weighted by atomic mass is 35.5. The van der Waals surface area contributed by atoms with Gasteiger partial charge < -0.3 is 10.6 Å². The van der Waals surface area contributed by atoms with Crippen LogP contribution in [0.4, 0.5) is 16.2 Å². The van der Waals surface area contributed by atoms with Crippen molar-refractivity contribution in [2.45, 2.75) is 19.3 Å². The summed E-state index contributed by atoms with van der Waals surface area (Å²) in [7, 11) is 0. The molecule has 0 aliphatic carbocycles. The van der Waals surface area contributed by atoms with Crippen LogP contribution in [-0.4, -0.2) is 37.5 Å². The van der Waals surface area contributed by atoms with Crippen molar-refractivity contribution in [1.29, 1.82) is 0 Å². The second kappa shape index (κ2) is 8.12. The molecule has 7 nitrogen and oxygen atoms in total. The molecular formula is C16H21ClN4O3. The highest BCUT2D eigenvalue weighted by Gasteiger charge is 2.24. The standard InChI is InChI=1S/C16H20N4O3.ClH/c21-14-7-10-20(16(23)19-14)13-3-1-12(2-4-13)18-15(22)11-5-8-17-9-6-11;/h1-4,11,17H,5-10H2,(H,18,22)(H,19,21,23);1H. The maximum Gasteiger partial charge on any atom is 0.328 e. The fraction of sp³-hybridized carbons (Fsp3) is 0.438. The lowest BCUT2D eigenvalue weighted by Gasteiger charge is -2.26. The summed E-state index contributed by atoms with van der Waals surface area (Å²) in [4.78, 5) is 36.7. The van der Waals surface area contributed by atoms with Gasteiger partial charge in [-0.05, 0) is 50.2 Å². The van der Waals surface area contributed by atoms with Gasteiger partial charge in [0.05, 0.1) is 0 Å². The van der Waals surface area contributed by atoms with Gasteiger partial charge in [0.2, 0.25) is 11.8 Å². The smallest absolute Gasteiger partial charge is 0.326 e. The van der Waals surface area contributed by atoms with Crippen LogP contribution >= 0.6 is 12.4 Å². The minimum atomic E-state index is -0.409. The van der Waals surface area contributed by atoms with E-state index in [2.05, 4.69) is 16.0 Å². The summed E-state index contributed by atoms with van der Waals surface area (Å²) in [6, 6.07) is 6.68. The van der Waals surface area contributed by atoms with Gasteiger partial charge in [0.15, 0.2) is 0 Å². The van der Waals surface area contributed by atoms with E-state index in [1.54, 1.807) is 24.3 Å². The lowest BCUT2D eigenvalue weighted by Crippen LogP contribution is -2.49. The Morgan fingerprint density at radius 3 is 2.42 bits per heavy atom. The molecule has 0 bridgehead atoms. The molecule has 1 aromatic carbocycles. The molecule has 0 radical (unpaired) electrons. The number of urea groups is 1. The Morgan fingerprint density at radius 2 is 1.79 bits per heavy atom. The van der Waals surface area contributed by atoms with Gasteiger partial charge in [-0.1, -0.05) is 0 Å². The van der Waals surface area contributed by atoms with Gasteiger partial charge in [0, 0.05) is 30.3 Å². The predicted molar refractivity (Wildman–Crippen MR) is 93.4 cm³/mol. The van der Waals surface area contributed by atoms with Crippen LogP contribution in [0.5, 0.6) is 0 Å². The Morgan fingerprint density at radius 1 is 1.12 bits per heavy atom. The third-order valence-corrected chi connectivity index (χ3v) is 4.21. The number of nitrogens with one attached hydrogen (secondary N) is 3. The van der Waals surface area contributed by atoms with Gasteiger partial charge in [0.25, 0.3) is 0 Å². The number of carbonyl (C=O) groups excluding carboxylic acids is 3. The van der Waals surface area contributed by atoms with Crippen LogP contribution in [0, 0.1) is 5.92 Å². The van der Waals surface area contributed by atoms with Gasteiger partial charge in [-0.2, -0.15) is 0 Å². The Hall–Kier alpha value is -2.12. The molecule has 0 atom stereocenters. The summed E-state index contributed by atoms with van der Waals surface area (Å²) >= 11 is 0. The van der Waals surface area contributed by atoms with E-state index >= 15 is 0 Å².